The molecule has 2 N–H and O–H groups in total. The predicted molar refractivity (Wildman–Crippen MR) is 94.0 cm³/mol. The SMILES string of the molecule is O=C(NC(CC(F)F)C(=O)O)C(Cc1ccccc1)Cc1ccccc1. The fourth-order valence-corrected chi connectivity index (χ4v) is 2.74. The summed E-state index contributed by atoms with van der Waals surface area (Å²) in [5, 5.41) is 11.4. The Balaban J connectivity index is 2.15. The summed E-state index contributed by atoms with van der Waals surface area (Å²) in [6, 6.07) is 17.0. The van der Waals surface area contributed by atoms with E-state index >= 15 is 0 Å². The van der Waals surface area contributed by atoms with Crippen LogP contribution in [0.5, 0.6) is 0 Å². The molecule has 0 bridgehead atoms. The van der Waals surface area contributed by atoms with Gasteiger partial charge in [0.25, 0.3) is 0 Å². The number of carboxylic acid groups (broad SMARTS) is 1. The molecule has 1 atom stereocenters. The zero-order chi connectivity index (χ0) is 18.9. The van der Waals surface area contributed by atoms with Gasteiger partial charge < -0.3 is 10.4 Å². The molecule has 138 valence electrons. The van der Waals surface area contributed by atoms with E-state index in [0.717, 1.165) is 11.1 Å². The molecule has 4 nitrogen and oxygen atoms in total. The molecule has 0 aromatic heterocycles. The minimum absolute atomic E-state index is 0.391. The third-order valence-electron chi connectivity index (χ3n) is 4.05. The van der Waals surface area contributed by atoms with E-state index in [4.69, 9.17) is 5.11 Å². The number of rotatable bonds is 9. The van der Waals surface area contributed by atoms with E-state index < -0.39 is 36.7 Å². The zero-order valence-electron chi connectivity index (χ0n) is 14.1. The molecule has 2 rings (SSSR count). The molecule has 2 aromatic carbocycles. The first-order chi connectivity index (χ1) is 12.5. The van der Waals surface area contributed by atoms with Crippen molar-refractivity contribution in [1.82, 2.24) is 5.32 Å². The van der Waals surface area contributed by atoms with Crippen LogP contribution < -0.4 is 5.32 Å². The Morgan fingerprint density at radius 1 is 0.885 bits per heavy atom. The highest BCUT2D eigenvalue weighted by Gasteiger charge is 2.28. The molecule has 1 unspecified atom stereocenters. The van der Waals surface area contributed by atoms with Crippen LogP contribution in [0.3, 0.4) is 0 Å². The van der Waals surface area contributed by atoms with Gasteiger partial charge in [0.15, 0.2) is 0 Å². The molecule has 0 saturated heterocycles. The van der Waals surface area contributed by atoms with Crippen molar-refractivity contribution in [3.63, 3.8) is 0 Å². The Bertz CT molecular complexity index is 666. The molecule has 0 fully saturated rings. The summed E-state index contributed by atoms with van der Waals surface area (Å²) in [5.74, 6) is -2.55. The van der Waals surface area contributed by atoms with E-state index in [1.807, 2.05) is 60.7 Å². The van der Waals surface area contributed by atoms with Gasteiger partial charge in [0.05, 0.1) is 0 Å². The summed E-state index contributed by atoms with van der Waals surface area (Å²) in [5.41, 5.74) is 1.84. The van der Waals surface area contributed by atoms with Crippen molar-refractivity contribution in [3.05, 3.63) is 71.8 Å². The largest absolute Gasteiger partial charge is 0.480 e. The van der Waals surface area contributed by atoms with Crippen LogP contribution in [0.2, 0.25) is 0 Å². The maximum absolute atomic E-state index is 12.6. The summed E-state index contributed by atoms with van der Waals surface area (Å²) in [7, 11) is 0. The maximum atomic E-state index is 12.6. The minimum Gasteiger partial charge on any atom is -0.480 e. The van der Waals surface area contributed by atoms with E-state index in [-0.39, 0.29) is 0 Å². The third kappa shape index (κ3) is 6.27. The Morgan fingerprint density at radius 2 is 1.35 bits per heavy atom. The van der Waals surface area contributed by atoms with Crippen molar-refractivity contribution in [2.75, 3.05) is 0 Å². The number of amides is 1. The van der Waals surface area contributed by atoms with Gasteiger partial charge in [-0.3, -0.25) is 4.79 Å². The van der Waals surface area contributed by atoms with E-state index in [1.165, 1.54) is 0 Å². The molecule has 0 radical (unpaired) electrons. The van der Waals surface area contributed by atoms with Crippen LogP contribution >= 0.6 is 0 Å². The summed E-state index contributed by atoms with van der Waals surface area (Å²) >= 11 is 0. The number of carboxylic acids is 1. The Hall–Kier alpha value is -2.76. The second-order valence-corrected chi connectivity index (χ2v) is 6.10. The monoisotopic (exact) mass is 361 g/mol. The van der Waals surface area contributed by atoms with Gasteiger partial charge in [0, 0.05) is 12.3 Å². The molecule has 26 heavy (non-hydrogen) atoms. The molecule has 2 aromatic rings. The van der Waals surface area contributed by atoms with Gasteiger partial charge in [-0.25, -0.2) is 13.6 Å². The first-order valence-corrected chi connectivity index (χ1v) is 8.35. The zero-order valence-corrected chi connectivity index (χ0v) is 14.1. The van der Waals surface area contributed by atoms with Gasteiger partial charge in [0.1, 0.15) is 6.04 Å². The Kier molecular flexibility index (Phi) is 7.26. The van der Waals surface area contributed by atoms with Crippen molar-refractivity contribution < 1.29 is 23.5 Å². The molecule has 6 heteroatoms. The number of halogens is 2. The highest BCUT2D eigenvalue weighted by molar-refractivity contribution is 5.85. The molecule has 0 saturated carbocycles. The number of nitrogens with one attached hydrogen (secondary N) is 1. The highest BCUT2D eigenvalue weighted by Crippen LogP contribution is 2.16. The molecular formula is C20H21F2NO3. The fourth-order valence-electron chi connectivity index (χ4n) is 2.74. The minimum atomic E-state index is -2.81. The van der Waals surface area contributed by atoms with E-state index in [2.05, 4.69) is 5.32 Å². The van der Waals surface area contributed by atoms with Gasteiger partial charge in [-0.15, -0.1) is 0 Å². The van der Waals surface area contributed by atoms with Crippen molar-refractivity contribution >= 4 is 11.9 Å². The van der Waals surface area contributed by atoms with Gasteiger partial charge >= 0.3 is 5.97 Å². The number of alkyl halides is 2. The molecule has 1 amide bonds. The van der Waals surface area contributed by atoms with Crippen LogP contribution in [0.25, 0.3) is 0 Å². The van der Waals surface area contributed by atoms with Crippen molar-refractivity contribution in [2.45, 2.75) is 31.7 Å². The average molecular weight is 361 g/mol. The lowest BCUT2D eigenvalue weighted by Gasteiger charge is -2.20. The van der Waals surface area contributed by atoms with Gasteiger partial charge in [0.2, 0.25) is 12.3 Å². The topological polar surface area (TPSA) is 66.4 Å². The number of aliphatic carboxylic acids is 1. The number of carbonyl (C=O) groups excluding carboxylic acids is 1. The Labute approximate surface area is 150 Å². The molecule has 0 spiro atoms. The smallest absolute Gasteiger partial charge is 0.326 e. The molecule has 0 aliphatic rings. The highest BCUT2D eigenvalue weighted by atomic mass is 19.3. The normalized spacial score (nSPS) is 12.2. The number of hydrogen-bond acceptors (Lipinski definition) is 2. The number of benzene rings is 2. The Morgan fingerprint density at radius 3 is 1.73 bits per heavy atom. The third-order valence-corrected chi connectivity index (χ3v) is 4.05. The first-order valence-electron chi connectivity index (χ1n) is 8.35. The second-order valence-electron chi connectivity index (χ2n) is 6.10. The quantitative estimate of drug-likeness (QED) is 0.720. The predicted octanol–water partition coefficient (Wildman–Crippen LogP) is 3.31. The number of carbonyl (C=O) groups is 2. The maximum Gasteiger partial charge on any atom is 0.326 e. The second kappa shape index (κ2) is 9.65. The number of hydrogen-bond donors (Lipinski definition) is 2. The van der Waals surface area contributed by atoms with Crippen LogP contribution in [-0.2, 0) is 22.4 Å². The van der Waals surface area contributed by atoms with Crippen molar-refractivity contribution in [2.24, 2.45) is 5.92 Å². The van der Waals surface area contributed by atoms with E-state index in [0.29, 0.717) is 12.8 Å². The summed E-state index contributed by atoms with van der Waals surface area (Å²) in [4.78, 5) is 23.8. The molecule has 0 aliphatic heterocycles. The lowest BCUT2D eigenvalue weighted by atomic mass is 9.91. The average Bonchev–Trinajstić information content (AvgIpc) is 2.62. The van der Waals surface area contributed by atoms with E-state index in [1.54, 1.807) is 0 Å². The van der Waals surface area contributed by atoms with E-state index in [9.17, 15) is 18.4 Å². The van der Waals surface area contributed by atoms with Crippen LogP contribution in [-0.4, -0.2) is 29.5 Å². The molecular weight excluding hydrogens is 340 g/mol. The van der Waals surface area contributed by atoms with Crippen LogP contribution in [0.4, 0.5) is 8.78 Å². The molecule has 0 heterocycles. The van der Waals surface area contributed by atoms with Gasteiger partial charge in [-0.2, -0.15) is 0 Å². The lowest BCUT2D eigenvalue weighted by molar-refractivity contribution is -0.143. The lowest BCUT2D eigenvalue weighted by Crippen LogP contribution is -2.45. The summed E-state index contributed by atoms with van der Waals surface area (Å²) in [6.45, 7) is 0. The standard InChI is InChI=1S/C20H21F2NO3/c21-18(22)13-17(20(25)26)23-19(24)16(11-14-7-3-1-4-8-14)12-15-9-5-2-6-10-15/h1-10,16-18H,11-13H2,(H,23,24)(H,25,26). The molecule has 0 aliphatic carbocycles. The van der Waals surface area contributed by atoms with Gasteiger partial charge in [-0.1, -0.05) is 60.7 Å². The van der Waals surface area contributed by atoms with Crippen molar-refractivity contribution in [1.29, 1.82) is 0 Å². The van der Waals surface area contributed by atoms with Crippen LogP contribution in [0.15, 0.2) is 60.7 Å². The van der Waals surface area contributed by atoms with Crippen molar-refractivity contribution in [3.8, 4) is 0 Å². The van der Waals surface area contributed by atoms with Crippen LogP contribution in [0.1, 0.15) is 17.5 Å². The first kappa shape index (κ1) is 19.6. The fraction of sp³-hybridized carbons (Fsp3) is 0.300. The van der Waals surface area contributed by atoms with Crippen LogP contribution in [0, 0.1) is 5.92 Å². The summed E-state index contributed by atoms with van der Waals surface area (Å²) < 4.78 is 25.2. The van der Waals surface area contributed by atoms with Gasteiger partial charge in [-0.05, 0) is 24.0 Å². The summed E-state index contributed by atoms with van der Waals surface area (Å²) in [6.07, 6.45) is -2.94.